The Labute approximate surface area is 145 Å². The van der Waals surface area contributed by atoms with Crippen LogP contribution in [0.4, 0.5) is 24.5 Å². The van der Waals surface area contributed by atoms with E-state index in [2.05, 4.69) is 20.9 Å². The molecular formula is C16H14F3N5O2. The lowest BCUT2D eigenvalue weighted by molar-refractivity contribution is -0.115. The van der Waals surface area contributed by atoms with E-state index >= 15 is 0 Å². The molecule has 26 heavy (non-hydrogen) atoms. The Morgan fingerprint density at radius 3 is 2.73 bits per heavy atom. The summed E-state index contributed by atoms with van der Waals surface area (Å²) in [5, 5.41) is 12.5. The third-order valence-corrected chi connectivity index (χ3v) is 3.28. The standard InChI is InChI=1S/C16H14F3N5O2/c17-16(18,19)10-20-11-3-1-4-12(7-11)22-15(25)14-8-13(26-23-14)9-24-6-2-5-21-24/h1-8,20H,9-10H2,(H,22,25). The average Bonchev–Trinajstić information content (AvgIpc) is 3.25. The highest BCUT2D eigenvalue weighted by Crippen LogP contribution is 2.19. The van der Waals surface area contributed by atoms with Crippen molar-refractivity contribution in [3.8, 4) is 0 Å². The molecular weight excluding hydrogens is 351 g/mol. The van der Waals surface area contributed by atoms with Gasteiger partial charge >= 0.3 is 6.18 Å². The molecule has 0 aliphatic rings. The Morgan fingerprint density at radius 2 is 2.00 bits per heavy atom. The minimum absolute atomic E-state index is 0.0563. The summed E-state index contributed by atoms with van der Waals surface area (Å²) < 4.78 is 43.5. The molecule has 0 atom stereocenters. The van der Waals surface area contributed by atoms with Gasteiger partial charge in [-0.15, -0.1) is 0 Å². The Morgan fingerprint density at radius 1 is 1.19 bits per heavy atom. The van der Waals surface area contributed by atoms with E-state index in [-0.39, 0.29) is 11.4 Å². The van der Waals surface area contributed by atoms with Crippen LogP contribution in [0.5, 0.6) is 0 Å². The molecule has 1 aromatic carbocycles. The molecule has 1 amide bonds. The van der Waals surface area contributed by atoms with Gasteiger partial charge in [0.1, 0.15) is 13.1 Å². The Balaban J connectivity index is 1.62. The van der Waals surface area contributed by atoms with Gasteiger partial charge in [-0.1, -0.05) is 11.2 Å². The van der Waals surface area contributed by atoms with Gasteiger partial charge < -0.3 is 15.2 Å². The molecule has 2 heterocycles. The minimum atomic E-state index is -4.33. The highest BCUT2D eigenvalue weighted by atomic mass is 19.4. The molecule has 136 valence electrons. The van der Waals surface area contributed by atoms with Crippen LogP contribution >= 0.6 is 0 Å². The summed E-state index contributed by atoms with van der Waals surface area (Å²) in [5.74, 6) is -0.0899. The summed E-state index contributed by atoms with van der Waals surface area (Å²) in [5.41, 5.74) is 0.624. The van der Waals surface area contributed by atoms with Crippen molar-refractivity contribution in [2.45, 2.75) is 12.7 Å². The van der Waals surface area contributed by atoms with Crippen molar-refractivity contribution in [2.75, 3.05) is 17.2 Å². The fraction of sp³-hybridized carbons (Fsp3) is 0.188. The number of hydrogen-bond donors (Lipinski definition) is 2. The lowest BCUT2D eigenvalue weighted by Crippen LogP contribution is -2.21. The van der Waals surface area contributed by atoms with Gasteiger partial charge in [0, 0.05) is 29.8 Å². The van der Waals surface area contributed by atoms with Crippen molar-refractivity contribution in [1.29, 1.82) is 0 Å². The molecule has 0 spiro atoms. The SMILES string of the molecule is O=C(Nc1cccc(NCC(F)(F)F)c1)c1cc(Cn2cccn2)on1. The zero-order valence-corrected chi connectivity index (χ0v) is 13.3. The molecule has 10 heteroatoms. The number of halogens is 3. The van der Waals surface area contributed by atoms with Gasteiger partial charge in [0.15, 0.2) is 11.5 Å². The van der Waals surface area contributed by atoms with Crippen molar-refractivity contribution < 1.29 is 22.5 Å². The molecule has 0 fully saturated rings. The summed E-state index contributed by atoms with van der Waals surface area (Å²) in [6, 6.07) is 9.18. The third-order valence-electron chi connectivity index (χ3n) is 3.28. The monoisotopic (exact) mass is 365 g/mol. The van der Waals surface area contributed by atoms with Crippen molar-refractivity contribution in [2.24, 2.45) is 0 Å². The van der Waals surface area contributed by atoms with Crippen LogP contribution in [0.2, 0.25) is 0 Å². The van der Waals surface area contributed by atoms with E-state index in [4.69, 9.17) is 4.52 Å². The second-order valence-electron chi connectivity index (χ2n) is 5.39. The highest BCUT2D eigenvalue weighted by Gasteiger charge is 2.26. The van der Waals surface area contributed by atoms with Crippen LogP contribution in [0.3, 0.4) is 0 Å². The number of nitrogens with one attached hydrogen (secondary N) is 2. The number of aromatic nitrogens is 3. The summed E-state index contributed by atoms with van der Waals surface area (Å²) in [6.07, 6.45) is -0.976. The number of amides is 1. The topological polar surface area (TPSA) is 85.0 Å². The predicted octanol–water partition coefficient (Wildman–Crippen LogP) is 3.15. The van der Waals surface area contributed by atoms with Gasteiger partial charge in [-0.2, -0.15) is 18.3 Å². The normalized spacial score (nSPS) is 11.3. The van der Waals surface area contributed by atoms with E-state index in [1.165, 1.54) is 24.3 Å². The maximum Gasteiger partial charge on any atom is 0.405 e. The van der Waals surface area contributed by atoms with Crippen molar-refractivity contribution >= 4 is 17.3 Å². The number of alkyl halides is 3. The number of nitrogens with zero attached hydrogens (tertiary/aromatic N) is 3. The van der Waals surface area contributed by atoms with E-state index in [1.54, 1.807) is 29.2 Å². The number of rotatable bonds is 6. The second-order valence-corrected chi connectivity index (χ2v) is 5.39. The number of hydrogen-bond acceptors (Lipinski definition) is 5. The van der Waals surface area contributed by atoms with Crippen LogP contribution < -0.4 is 10.6 Å². The van der Waals surface area contributed by atoms with Gasteiger partial charge in [-0.25, -0.2) is 0 Å². The minimum Gasteiger partial charge on any atom is -0.376 e. The number of anilines is 2. The smallest absolute Gasteiger partial charge is 0.376 e. The van der Waals surface area contributed by atoms with Crippen molar-refractivity contribution in [1.82, 2.24) is 14.9 Å². The number of carbonyl (C=O) groups excluding carboxylic acids is 1. The van der Waals surface area contributed by atoms with Crippen LogP contribution in [-0.4, -0.2) is 33.6 Å². The van der Waals surface area contributed by atoms with Crippen LogP contribution in [0.25, 0.3) is 0 Å². The molecule has 0 bridgehead atoms. The molecule has 2 N–H and O–H groups in total. The maximum absolute atomic E-state index is 12.3. The van der Waals surface area contributed by atoms with Crippen molar-refractivity contribution in [3.63, 3.8) is 0 Å². The lowest BCUT2D eigenvalue weighted by Gasteiger charge is -2.11. The van der Waals surface area contributed by atoms with Crippen LogP contribution in [-0.2, 0) is 6.54 Å². The summed E-state index contributed by atoms with van der Waals surface area (Å²) in [6.45, 7) is -0.839. The van der Waals surface area contributed by atoms with E-state index in [1.807, 2.05) is 0 Å². The lowest BCUT2D eigenvalue weighted by atomic mass is 10.2. The molecule has 0 unspecified atom stereocenters. The quantitative estimate of drug-likeness (QED) is 0.701. The molecule has 3 rings (SSSR count). The Kier molecular flexibility index (Phi) is 4.92. The molecule has 0 aliphatic carbocycles. The first-order valence-electron chi connectivity index (χ1n) is 7.54. The van der Waals surface area contributed by atoms with Crippen LogP contribution in [0.15, 0.2) is 53.3 Å². The predicted molar refractivity (Wildman–Crippen MR) is 86.8 cm³/mol. The van der Waals surface area contributed by atoms with Crippen LogP contribution in [0, 0.1) is 0 Å². The number of carbonyl (C=O) groups is 1. The molecule has 2 aromatic heterocycles. The first-order valence-corrected chi connectivity index (χ1v) is 7.54. The molecule has 7 nitrogen and oxygen atoms in total. The molecule has 0 radical (unpaired) electrons. The van der Waals surface area contributed by atoms with E-state index < -0.39 is 18.6 Å². The van der Waals surface area contributed by atoms with E-state index in [0.717, 1.165) is 0 Å². The third kappa shape index (κ3) is 4.85. The number of benzene rings is 1. The summed E-state index contributed by atoms with van der Waals surface area (Å²) in [4.78, 5) is 12.2. The van der Waals surface area contributed by atoms with Crippen molar-refractivity contribution in [3.05, 3.63) is 60.2 Å². The molecule has 0 saturated carbocycles. The molecule has 0 aliphatic heterocycles. The highest BCUT2D eigenvalue weighted by molar-refractivity contribution is 6.03. The molecule has 0 saturated heterocycles. The largest absolute Gasteiger partial charge is 0.405 e. The zero-order valence-electron chi connectivity index (χ0n) is 13.3. The summed E-state index contributed by atoms with van der Waals surface area (Å²) in [7, 11) is 0. The fourth-order valence-electron chi connectivity index (χ4n) is 2.15. The zero-order chi connectivity index (χ0) is 18.6. The van der Waals surface area contributed by atoms with Gasteiger partial charge in [0.05, 0.1) is 0 Å². The Bertz CT molecular complexity index is 874. The fourth-order valence-corrected chi connectivity index (χ4v) is 2.15. The average molecular weight is 365 g/mol. The van der Waals surface area contributed by atoms with Gasteiger partial charge in [-0.05, 0) is 24.3 Å². The van der Waals surface area contributed by atoms with Gasteiger partial charge in [-0.3, -0.25) is 9.48 Å². The maximum atomic E-state index is 12.3. The first kappa shape index (κ1) is 17.5. The van der Waals surface area contributed by atoms with Crippen LogP contribution in [0.1, 0.15) is 16.2 Å². The molecule has 3 aromatic rings. The summed E-state index contributed by atoms with van der Waals surface area (Å²) >= 11 is 0. The van der Waals surface area contributed by atoms with E-state index in [9.17, 15) is 18.0 Å². The first-order chi connectivity index (χ1) is 12.4. The van der Waals surface area contributed by atoms with E-state index in [0.29, 0.717) is 18.0 Å². The Hall–Kier alpha value is -3.30. The van der Waals surface area contributed by atoms with Gasteiger partial charge in [0.25, 0.3) is 5.91 Å². The van der Waals surface area contributed by atoms with Gasteiger partial charge in [0.2, 0.25) is 0 Å². The second kappa shape index (κ2) is 7.30.